The summed E-state index contributed by atoms with van der Waals surface area (Å²) < 4.78 is 9.73. The molecule has 1 rings (SSSR count). The van der Waals surface area contributed by atoms with Gasteiger partial charge in [-0.15, -0.1) is 0 Å². The average Bonchev–Trinajstić information content (AvgIpc) is 2.70. The molecule has 114 valence electrons. The summed E-state index contributed by atoms with van der Waals surface area (Å²) in [6.07, 6.45) is 0.527. The molecule has 2 amide bonds. The van der Waals surface area contributed by atoms with Gasteiger partial charge in [-0.1, -0.05) is 0 Å². The van der Waals surface area contributed by atoms with Crippen LogP contribution < -0.4 is 5.32 Å². The van der Waals surface area contributed by atoms with E-state index in [4.69, 9.17) is 4.74 Å². The van der Waals surface area contributed by atoms with E-state index in [1.54, 1.807) is 25.7 Å². The highest BCUT2D eigenvalue weighted by molar-refractivity contribution is 5.83. The molecule has 1 saturated heterocycles. The summed E-state index contributed by atoms with van der Waals surface area (Å²) >= 11 is 0. The van der Waals surface area contributed by atoms with Crippen molar-refractivity contribution in [1.82, 2.24) is 10.2 Å². The monoisotopic (exact) mass is 286 g/mol. The van der Waals surface area contributed by atoms with Crippen LogP contribution >= 0.6 is 0 Å². The second-order valence-electron chi connectivity index (χ2n) is 5.67. The van der Waals surface area contributed by atoms with Gasteiger partial charge >= 0.3 is 12.1 Å². The smallest absolute Gasteiger partial charge is 0.408 e. The van der Waals surface area contributed by atoms with Crippen molar-refractivity contribution in [3.05, 3.63) is 0 Å². The molecule has 7 nitrogen and oxygen atoms in total. The summed E-state index contributed by atoms with van der Waals surface area (Å²) in [5.41, 5.74) is -0.659. The largest absolute Gasteiger partial charge is 0.467 e. The summed E-state index contributed by atoms with van der Waals surface area (Å²) in [5.74, 6) is -0.625. The van der Waals surface area contributed by atoms with Crippen molar-refractivity contribution in [3.63, 3.8) is 0 Å². The molecular weight excluding hydrogens is 264 g/mol. The fourth-order valence-electron chi connectivity index (χ4n) is 1.89. The number of nitrogens with zero attached hydrogens (tertiary/aromatic N) is 1. The summed E-state index contributed by atoms with van der Waals surface area (Å²) in [6.45, 7) is 5.87. The minimum atomic E-state index is -0.920. The Morgan fingerprint density at radius 1 is 1.40 bits per heavy atom. The predicted octanol–water partition coefficient (Wildman–Crippen LogP) is 0.675. The van der Waals surface area contributed by atoms with E-state index in [2.05, 4.69) is 10.1 Å². The van der Waals surface area contributed by atoms with Crippen LogP contribution in [0.3, 0.4) is 0 Å². The number of methoxy groups -OCH3 is 1. The Morgan fingerprint density at radius 2 is 2.05 bits per heavy atom. The highest BCUT2D eigenvalue weighted by atomic mass is 16.6. The molecule has 7 heteroatoms. The van der Waals surface area contributed by atoms with Crippen LogP contribution in [-0.2, 0) is 19.1 Å². The van der Waals surface area contributed by atoms with Gasteiger partial charge in [0.15, 0.2) is 0 Å². The number of carbonyl (C=O) groups is 3. The quantitative estimate of drug-likeness (QED) is 0.768. The number of esters is 1. The Hall–Kier alpha value is -1.79. The van der Waals surface area contributed by atoms with Gasteiger partial charge in [-0.25, -0.2) is 9.59 Å². The first-order valence-corrected chi connectivity index (χ1v) is 6.58. The van der Waals surface area contributed by atoms with E-state index < -0.39 is 23.7 Å². The number of ether oxygens (including phenoxy) is 2. The third-order valence-electron chi connectivity index (χ3n) is 2.75. The van der Waals surface area contributed by atoms with Gasteiger partial charge in [-0.3, -0.25) is 4.79 Å². The van der Waals surface area contributed by atoms with Gasteiger partial charge in [0.2, 0.25) is 5.91 Å². The minimum absolute atomic E-state index is 0.0232. The predicted molar refractivity (Wildman–Crippen MR) is 71.0 cm³/mol. The Kier molecular flexibility index (Phi) is 5.35. The lowest BCUT2D eigenvalue weighted by Crippen LogP contribution is -2.50. The van der Waals surface area contributed by atoms with E-state index in [9.17, 15) is 14.4 Å². The molecule has 1 aliphatic rings. The molecule has 0 aromatic rings. The molecule has 1 N–H and O–H groups in total. The van der Waals surface area contributed by atoms with Gasteiger partial charge in [-0.2, -0.15) is 0 Å². The first-order valence-electron chi connectivity index (χ1n) is 6.58. The second-order valence-corrected chi connectivity index (χ2v) is 5.67. The summed E-state index contributed by atoms with van der Waals surface area (Å²) in [6, 6.07) is -0.920. The normalized spacial score (nSPS) is 16.8. The SMILES string of the molecule is COC(=O)C(CN1CCCC1=O)NC(=O)OC(C)(C)C. The van der Waals surface area contributed by atoms with Crippen molar-refractivity contribution in [3.8, 4) is 0 Å². The Balaban J connectivity index is 2.62. The van der Waals surface area contributed by atoms with Crippen molar-refractivity contribution in [2.45, 2.75) is 45.3 Å². The third-order valence-corrected chi connectivity index (χ3v) is 2.75. The molecule has 20 heavy (non-hydrogen) atoms. The number of nitrogens with one attached hydrogen (secondary N) is 1. The summed E-state index contributed by atoms with van der Waals surface area (Å²) in [4.78, 5) is 36.5. The Labute approximate surface area is 118 Å². The van der Waals surface area contributed by atoms with Crippen LogP contribution in [0.4, 0.5) is 4.79 Å². The van der Waals surface area contributed by atoms with E-state index in [0.29, 0.717) is 13.0 Å². The molecular formula is C13H22N2O5. The third kappa shape index (κ3) is 5.07. The number of carbonyl (C=O) groups excluding carboxylic acids is 3. The van der Waals surface area contributed by atoms with Crippen LogP contribution in [0.5, 0.6) is 0 Å². The average molecular weight is 286 g/mol. The first kappa shape index (κ1) is 16.3. The van der Waals surface area contributed by atoms with Crippen molar-refractivity contribution in [2.75, 3.05) is 20.2 Å². The lowest BCUT2D eigenvalue weighted by Gasteiger charge is -2.25. The van der Waals surface area contributed by atoms with Crippen LogP contribution in [0.25, 0.3) is 0 Å². The molecule has 0 aromatic heterocycles. The molecule has 0 spiro atoms. The first-order chi connectivity index (χ1) is 9.23. The lowest BCUT2D eigenvalue weighted by molar-refractivity contribution is -0.144. The van der Waals surface area contributed by atoms with Crippen molar-refractivity contribution >= 4 is 18.0 Å². The fraction of sp³-hybridized carbons (Fsp3) is 0.769. The van der Waals surface area contributed by atoms with Crippen LogP contribution in [0, 0.1) is 0 Å². The van der Waals surface area contributed by atoms with Gasteiger partial charge < -0.3 is 19.7 Å². The Morgan fingerprint density at radius 3 is 2.50 bits per heavy atom. The number of alkyl carbamates (subject to hydrolysis) is 1. The molecule has 1 heterocycles. The van der Waals surface area contributed by atoms with E-state index in [1.165, 1.54) is 7.11 Å². The van der Waals surface area contributed by atoms with Crippen LogP contribution in [0.2, 0.25) is 0 Å². The van der Waals surface area contributed by atoms with E-state index in [-0.39, 0.29) is 12.5 Å². The van der Waals surface area contributed by atoms with Crippen molar-refractivity contribution < 1.29 is 23.9 Å². The maximum Gasteiger partial charge on any atom is 0.408 e. The molecule has 0 aliphatic carbocycles. The molecule has 0 radical (unpaired) electrons. The van der Waals surface area contributed by atoms with Gasteiger partial charge in [0.1, 0.15) is 11.6 Å². The molecule has 1 aliphatic heterocycles. The molecule has 1 unspecified atom stereocenters. The number of amides is 2. The van der Waals surface area contributed by atoms with Gasteiger partial charge in [-0.05, 0) is 27.2 Å². The van der Waals surface area contributed by atoms with Crippen molar-refractivity contribution in [2.24, 2.45) is 0 Å². The van der Waals surface area contributed by atoms with Gasteiger partial charge in [0.25, 0.3) is 0 Å². The maximum absolute atomic E-state index is 11.7. The highest BCUT2D eigenvalue weighted by Gasteiger charge is 2.30. The number of rotatable bonds is 4. The van der Waals surface area contributed by atoms with Crippen LogP contribution in [0.15, 0.2) is 0 Å². The van der Waals surface area contributed by atoms with Crippen molar-refractivity contribution in [1.29, 1.82) is 0 Å². The lowest BCUT2D eigenvalue weighted by atomic mass is 10.2. The van der Waals surface area contributed by atoms with Gasteiger partial charge in [0.05, 0.1) is 13.7 Å². The maximum atomic E-state index is 11.7. The standard InChI is InChI=1S/C13H22N2O5/c1-13(2,3)20-12(18)14-9(11(17)19-4)8-15-7-5-6-10(15)16/h9H,5-8H2,1-4H3,(H,14,18). The molecule has 1 atom stereocenters. The molecule has 0 aromatic carbocycles. The minimum Gasteiger partial charge on any atom is -0.467 e. The molecule has 0 saturated carbocycles. The summed E-state index contributed by atoms with van der Waals surface area (Å²) in [7, 11) is 1.23. The summed E-state index contributed by atoms with van der Waals surface area (Å²) in [5, 5.41) is 2.44. The molecule has 0 bridgehead atoms. The number of hydrogen-bond donors (Lipinski definition) is 1. The van der Waals surface area contributed by atoms with E-state index in [0.717, 1.165) is 6.42 Å². The van der Waals surface area contributed by atoms with E-state index in [1.807, 2.05) is 0 Å². The fourth-order valence-corrected chi connectivity index (χ4v) is 1.89. The molecule has 1 fully saturated rings. The Bertz CT molecular complexity index is 389. The number of hydrogen-bond acceptors (Lipinski definition) is 5. The topological polar surface area (TPSA) is 84.9 Å². The second kappa shape index (κ2) is 6.58. The zero-order valence-electron chi connectivity index (χ0n) is 12.4. The zero-order valence-corrected chi connectivity index (χ0v) is 12.4. The van der Waals surface area contributed by atoms with Crippen LogP contribution in [-0.4, -0.2) is 54.7 Å². The number of likely N-dealkylation sites (tertiary alicyclic amines) is 1. The zero-order chi connectivity index (χ0) is 15.3. The van der Waals surface area contributed by atoms with Crippen LogP contribution in [0.1, 0.15) is 33.6 Å². The van der Waals surface area contributed by atoms with E-state index >= 15 is 0 Å². The highest BCUT2D eigenvalue weighted by Crippen LogP contribution is 2.11. The van der Waals surface area contributed by atoms with Gasteiger partial charge in [0, 0.05) is 13.0 Å².